The number of benzene rings is 1. The Morgan fingerprint density at radius 2 is 1.76 bits per heavy atom. The summed E-state index contributed by atoms with van der Waals surface area (Å²) in [7, 11) is 0. The van der Waals surface area contributed by atoms with Crippen LogP contribution >= 0.6 is 12.2 Å². The van der Waals surface area contributed by atoms with E-state index in [1.54, 1.807) is 0 Å². The number of rotatable bonds is 5. The fourth-order valence-corrected chi connectivity index (χ4v) is 4.86. The zero-order valence-corrected chi connectivity index (χ0v) is 20.0. The predicted molar refractivity (Wildman–Crippen MR) is 134 cm³/mol. The highest BCUT2D eigenvalue weighted by Gasteiger charge is 2.21. The van der Waals surface area contributed by atoms with Crippen LogP contribution in [0.2, 0.25) is 0 Å². The molecule has 2 fully saturated rings. The molecule has 8 nitrogen and oxygen atoms in total. The Hall–Kier alpha value is -2.81. The van der Waals surface area contributed by atoms with Crippen molar-refractivity contribution < 1.29 is 9.47 Å². The molecule has 5 rings (SSSR count). The molecule has 0 bridgehead atoms. The van der Waals surface area contributed by atoms with Gasteiger partial charge in [0.2, 0.25) is 12.7 Å². The first-order chi connectivity index (χ1) is 16.1. The van der Waals surface area contributed by atoms with Gasteiger partial charge in [0.15, 0.2) is 16.6 Å². The van der Waals surface area contributed by atoms with Crippen molar-refractivity contribution in [3.05, 3.63) is 29.8 Å². The molecule has 2 N–H and O–H groups in total. The lowest BCUT2D eigenvalue weighted by Gasteiger charge is -2.33. The smallest absolute Gasteiger partial charge is 0.232 e. The lowest BCUT2D eigenvalue weighted by atomic mass is 10.0. The van der Waals surface area contributed by atoms with Crippen molar-refractivity contribution in [1.82, 2.24) is 15.3 Å². The third-order valence-electron chi connectivity index (χ3n) is 6.48. The van der Waals surface area contributed by atoms with Crippen LogP contribution in [-0.4, -0.2) is 48.1 Å². The molecule has 0 aliphatic carbocycles. The maximum Gasteiger partial charge on any atom is 0.232 e. The first kappa shape index (κ1) is 22.0. The highest BCUT2D eigenvalue weighted by molar-refractivity contribution is 7.80. The summed E-state index contributed by atoms with van der Waals surface area (Å²) < 4.78 is 10.8. The maximum atomic E-state index is 5.57. The number of thiocarbonyl (C=S) groups is 1. The molecular formula is C24H32N6O2S. The monoisotopic (exact) mass is 468 g/mol. The van der Waals surface area contributed by atoms with E-state index in [1.807, 2.05) is 18.2 Å². The second kappa shape index (κ2) is 9.99. The zero-order chi connectivity index (χ0) is 22.6. The van der Waals surface area contributed by atoms with Gasteiger partial charge in [0.05, 0.1) is 0 Å². The number of hydrogen-bond acceptors (Lipinski definition) is 7. The van der Waals surface area contributed by atoms with Gasteiger partial charge in [-0.3, -0.25) is 0 Å². The average molecular weight is 469 g/mol. The summed E-state index contributed by atoms with van der Waals surface area (Å²) in [6.45, 7) is 7.31. The van der Waals surface area contributed by atoms with Crippen LogP contribution in [0.3, 0.4) is 0 Å². The van der Waals surface area contributed by atoms with Crippen LogP contribution in [-0.2, 0) is 6.54 Å². The van der Waals surface area contributed by atoms with Gasteiger partial charge >= 0.3 is 0 Å². The first-order valence-corrected chi connectivity index (χ1v) is 12.4. The van der Waals surface area contributed by atoms with Gasteiger partial charge in [0.25, 0.3) is 0 Å². The van der Waals surface area contributed by atoms with Crippen molar-refractivity contribution in [2.45, 2.75) is 45.6 Å². The van der Waals surface area contributed by atoms with E-state index in [0.29, 0.717) is 23.5 Å². The SMILES string of the molecule is C[C@H]1CCCN(c2cc(N3CCCCC3)nc(NC(=S)NCc3ccc4c(c3)OCO4)n2)C1. The number of piperidine rings is 2. The van der Waals surface area contributed by atoms with Gasteiger partial charge < -0.3 is 29.9 Å². The number of fused-ring (bicyclic) bond motifs is 1. The molecule has 2 saturated heterocycles. The second-order valence-corrected chi connectivity index (χ2v) is 9.55. The largest absolute Gasteiger partial charge is 0.454 e. The van der Waals surface area contributed by atoms with E-state index < -0.39 is 0 Å². The van der Waals surface area contributed by atoms with E-state index >= 15 is 0 Å². The molecule has 176 valence electrons. The van der Waals surface area contributed by atoms with Gasteiger partial charge in [-0.15, -0.1) is 0 Å². The molecule has 0 radical (unpaired) electrons. The molecule has 0 spiro atoms. The van der Waals surface area contributed by atoms with Gasteiger partial charge in [-0.2, -0.15) is 9.97 Å². The van der Waals surface area contributed by atoms with Crippen LogP contribution in [0.5, 0.6) is 11.5 Å². The third-order valence-corrected chi connectivity index (χ3v) is 6.72. The standard InChI is InChI=1S/C24H32N6O2S/c1-17-6-5-11-30(15-17)22-13-21(29-9-3-2-4-10-29)26-23(27-22)28-24(33)25-14-18-7-8-19-20(12-18)32-16-31-19/h7-8,12-13,17H,2-6,9-11,14-16H2,1H3,(H2,25,26,27,28,33)/t17-/m0/s1. The Morgan fingerprint density at radius 3 is 2.58 bits per heavy atom. The van der Waals surface area contributed by atoms with E-state index in [9.17, 15) is 0 Å². The van der Waals surface area contributed by atoms with Crippen LogP contribution in [0.1, 0.15) is 44.6 Å². The van der Waals surface area contributed by atoms with Crippen LogP contribution in [0, 0.1) is 5.92 Å². The molecule has 0 amide bonds. The summed E-state index contributed by atoms with van der Waals surface area (Å²) >= 11 is 5.57. The molecule has 3 aliphatic heterocycles. The van der Waals surface area contributed by atoms with Crippen LogP contribution < -0.4 is 29.9 Å². The second-order valence-electron chi connectivity index (χ2n) is 9.14. The minimum atomic E-state index is 0.273. The molecule has 2 aromatic rings. The molecule has 0 unspecified atom stereocenters. The highest BCUT2D eigenvalue weighted by Crippen LogP contribution is 2.32. The summed E-state index contributed by atoms with van der Waals surface area (Å²) in [5, 5.41) is 6.99. The van der Waals surface area contributed by atoms with Crippen molar-refractivity contribution in [3.8, 4) is 11.5 Å². The molecule has 33 heavy (non-hydrogen) atoms. The molecule has 0 saturated carbocycles. The molecular weight excluding hydrogens is 436 g/mol. The van der Waals surface area contributed by atoms with Gasteiger partial charge in [0, 0.05) is 38.8 Å². The Morgan fingerprint density at radius 1 is 1.00 bits per heavy atom. The summed E-state index contributed by atoms with van der Waals surface area (Å²) in [5.41, 5.74) is 1.06. The molecule has 1 aromatic carbocycles. The molecule has 1 atom stereocenters. The average Bonchev–Trinajstić information content (AvgIpc) is 3.31. The Bertz CT molecular complexity index is 997. The number of aromatic nitrogens is 2. The van der Waals surface area contributed by atoms with E-state index in [-0.39, 0.29) is 6.79 Å². The van der Waals surface area contributed by atoms with Crippen molar-refractivity contribution >= 4 is 34.9 Å². The summed E-state index contributed by atoms with van der Waals surface area (Å²) in [6.07, 6.45) is 6.18. The van der Waals surface area contributed by atoms with Crippen molar-refractivity contribution in [2.24, 2.45) is 5.92 Å². The van der Waals surface area contributed by atoms with Crippen molar-refractivity contribution in [1.29, 1.82) is 0 Å². The molecule has 3 aliphatic rings. The Labute approximate surface area is 200 Å². The lowest BCUT2D eigenvalue weighted by molar-refractivity contribution is 0.174. The predicted octanol–water partition coefficient (Wildman–Crippen LogP) is 3.92. The maximum absolute atomic E-state index is 5.57. The number of anilines is 3. The van der Waals surface area contributed by atoms with Crippen LogP contribution in [0.25, 0.3) is 0 Å². The number of nitrogens with one attached hydrogen (secondary N) is 2. The third kappa shape index (κ3) is 5.40. The number of nitrogens with zero attached hydrogens (tertiary/aromatic N) is 4. The van der Waals surface area contributed by atoms with Gasteiger partial charge in [-0.25, -0.2) is 0 Å². The van der Waals surface area contributed by atoms with Gasteiger partial charge in [-0.05, 0) is 67.9 Å². The molecule has 9 heteroatoms. The lowest BCUT2D eigenvalue weighted by Crippen LogP contribution is -2.36. The molecule has 4 heterocycles. The Balaban J connectivity index is 1.29. The topological polar surface area (TPSA) is 74.8 Å². The number of ether oxygens (including phenoxy) is 2. The van der Waals surface area contributed by atoms with Gasteiger partial charge in [0.1, 0.15) is 11.6 Å². The van der Waals surface area contributed by atoms with Crippen LogP contribution in [0.4, 0.5) is 17.6 Å². The fourth-order valence-electron chi connectivity index (χ4n) is 4.70. The zero-order valence-electron chi connectivity index (χ0n) is 19.2. The fraction of sp³-hybridized carbons (Fsp3) is 0.542. The van der Waals surface area contributed by atoms with Gasteiger partial charge in [-0.1, -0.05) is 13.0 Å². The van der Waals surface area contributed by atoms with Crippen LogP contribution in [0.15, 0.2) is 24.3 Å². The van der Waals surface area contributed by atoms with E-state index in [1.165, 1.54) is 32.1 Å². The minimum Gasteiger partial charge on any atom is -0.454 e. The summed E-state index contributed by atoms with van der Waals surface area (Å²) in [6, 6.07) is 8.05. The van der Waals surface area contributed by atoms with Crippen molar-refractivity contribution in [2.75, 3.05) is 48.1 Å². The summed E-state index contributed by atoms with van der Waals surface area (Å²) in [5.74, 6) is 4.74. The quantitative estimate of drug-likeness (QED) is 0.635. The number of hydrogen-bond donors (Lipinski definition) is 2. The van der Waals surface area contributed by atoms with Crippen molar-refractivity contribution in [3.63, 3.8) is 0 Å². The highest BCUT2D eigenvalue weighted by atomic mass is 32.1. The van der Waals surface area contributed by atoms with E-state index in [4.69, 9.17) is 31.7 Å². The first-order valence-electron chi connectivity index (χ1n) is 12.0. The minimum absolute atomic E-state index is 0.273. The van der Waals surface area contributed by atoms with E-state index in [2.05, 4.69) is 33.4 Å². The van der Waals surface area contributed by atoms with E-state index in [0.717, 1.165) is 54.9 Å². The Kier molecular flexibility index (Phi) is 6.66. The summed E-state index contributed by atoms with van der Waals surface area (Å²) in [4.78, 5) is 14.4. The molecule has 1 aromatic heterocycles. The normalized spacial score (nSPS) is 20.0.